The fourth-order valence-corrected chi connectivity index (χ4v) is 2.69. The molecule has 1 aliphatic carbocycles. The van der Waals surface area contributed by atoms with E-state index in [1.165, 1.54) is 6.42 Å². The Morgan fingerprint density at radius 1 is 1.41 bits per heavy atom. The Balaban J connectivity index is 1.98. The number of hydrogen-bond donors (Lipinski definition) is 1. The lowest BCUT2D eigenvalue weighted by Gasteiger charge is -2.23. The maximum atomic E-state index is 12.1. The molecule has 2 rings (SSSR count). The number of rotatable bonds is 5. The largest absolute Gasteiger partial charge is 0.497 e. The zero-order valence-corrected chi connectivity index (χ0v) is 12.8. The summed E-state index contributed by atoms with van der Waals surface area (Å²) in [6.45, 7) is 0. The molecule has 0 bridgehead atoms. The number of nitrogens with one attached hydrogen (secondary N) is 1. The van der Waals surface area contributed by atoms with Gasteiger partial charge in [0.1, 0.15) is 5.75 Å². The lowest BCUT2D eigenvalue weighted by atomic mass is 9.84. The van der Waals surface area contributed by atoms with Gasteiger partial charge in [-0.3, -0.25) is 4.79 Å². The molecule has 1 N–H and O–H groups in total. The van der Waals surface area contributed by atoms with E-state index < -0.39 is 0 Å². The van der Waals surface area contributed by atoms with E-state index in [-0.39, 0.29) is 5.91 Å². The van der Waals surface area contributed by atoms with Crippen molar-refractivity contribution < 1.29 is 9.53 Å². The maximum absolute atomic E-state index is 12.1. The Kier molecular flexibility index (Phi) is 5.96. The third-order valence-corrected chi connectivity index (χ3v) is 3.96. The van der Waals surface area contributed by atoms with Crippen LogP contribution in [0.5, 0.6) is 5.75 Å². The second-order valence-corrected chi connectivity index (χ2v) is 5.41. The van der Waals surface area contributed by atoms with Gasteiger partial charge in [-0.15, -0.1) is 0 Å². The van der Waals surface area contributed by atoms with Crippen LogP contribution >= 0.6 is 0 Å². The first-order valence-electron chi connectivity index (χ1n) is 7.62. The van der Waals surface area contributed by atoms with Crippen molar-refractivity contribution in [2.75, 3.05) is 7.11 Å². The van der Waals surface area contributed by atoms with E-state index in [4.69, 9.17) is 10.00 Å². The fraction of sp³-hybridized carbons (Fsp3) is 0.471. The summed E-state index contributed by atoms with van der Waals surface area (Å²) in [5.41, 5.74) is 4.21. The number of methoxy groups -OCH3 is 1. The summed E-state index contributed by atoms with van der Waals surface area (Å²) in [6.07, 6.45) is 5.59. The highest BCUT2D eigenvalue weighted by atomic mass is 16.5. The summed E-state index contributed by atoms with van der Waals surface area (Å²) in [6, 6.07) is 9.10. The Labute approximate surface area is 131 Å². The molecule has 1 aromatic carbocycles. The number of amides is 1. The Bertz CT molecular complexity index is 573. The number of carbonyl (C=O) groups excluding carboxylic acids is 1. The molecule has 0 aliphatic heterocycles. The minimum absolute atomic E-state index is 0.222. The average molecular weight is 299 g/mol. The summed E-state index contributed by atoms with van der Waals surface area (Å²) in [5.74, 6) is 0.816. The van der Waals surface area contributed by atoms with Crippen molar-refractivity contribution in [3.05, 3.63) is 29.8 Å². The van der Waals surface area contributed by atoms with Crippen LogP contribution in [0.3, 0.4) is 0 Å². The molecule has 1 saturated carbocycles. The van der Waals surface area contributed by atoms with Crippen molar-refractivity contribution in [2.45, 2.75) is 38.5 Å². The smallest absolute Gasteiger partial charge is 0.271 e. The van der Waals surface area contributed by atoms with Crippen molar-refractivity contribution in [3.8, 4) is 11.8 Å². The van der Waals surface area contributed by atoms with Crippen molar-refractivity contribution >= 4 is 11.6 Å². The zero-order chi connectivity index (χ0) is 15.8. The molecular formula is C17H21N3O2. The standard InChI is InChI=1S/C17H21N3O2/c1-22-15-10-8-14(9-11-15)17(21)20-19-16-7-3-2-5-13(16)6-4-12-18/h8-11,13H,2-7H2,1H3,(H,20,21)/b19-16+. The van der Waals surface area contributed by atoms with Gasteiger partial charge in [0.25, 0.3) is 5.91 Å². The van der Waals surface area contributed by atoms with Crippen molar-refractivity contribution in [3.63, 3.8) is 0 Å². The monoisotopic (exact) mass is 299 g/mol. The number of benzene rings is 1. The normalized spacial score (nSPS) is 19.5. The molecule has 0 radical (unpaired) electrons. The molecule has 1 aliphatic rings. The van der Waals surface area contributed by atoms with Crippen molar-refractivity contribution in [1.82, 2.24) is 5.43 Å². The molecule has 22 heavy (non-hydrogen) atoms. The summed E-state index contributed by atoms with van der Waals surface area (Å²) in [4.78, 5) is 12.1. The van der Waals surface area contributed by atoms with Crippen LogP contribution in [-0.4, -0.2) is 18.7 Å². The third-order valence-electron chi connectivity index (χ3n) is 3.96. The number of carbonyl (C=O) groups is 1. The van der Waals surface area contributed by atoms with Crippen LogP contribution in [0.25, 0.3) is 0 Å². The molecule has 0 spiro atoms. The molecule has 1 fully saturated rings. The van der Waals surface area contributed by atoms with Crippen LogP contribution in [0.4, 0.5) is 0 Å². The van der Waals surface area contributed by atoms with Gasteiger partial charge in [-0.1, -0.05) is 6.42 Å². The highest BCUT2D eigenvalue weighted by Crippen LogP contribution is 2.25. The first-order valence-corrected chi connectivity index (χ1v) is 7.62. The van der Waals surface area contributed by atoms with Gasteiger partial charge < -0.3 is 4.74 Å². The van der Waals surface area contributed by atoms with Crippen LogP contribution in [0, 0.1) is 17.2 Å². The lowest BCUT2D eigenvalue weighted by molar-refractivity contribution is 0.0954. The fourth-order valence-electron chi connectivity index (χ4n) is 2.69. The number of ether oxygens (including phenoxy) is 1. The molecule has 1 aromatic rings. The van der Waals surface area contributed by atoms with Crippen LogP contribution in [0.2, 0.25) is 0 Å². The van der Waals surface area contributed by atoms with Crippen molar-refractivity contribution in [2.24, 2.45) is 11.0 Å². The topological polar surface area (TPSA) is 74.5 Å². The quantitative estimate of drug-likeness (QED) is 0.848. The van der Waals surface area contributed by atoms with Gasteiger partial charge in [-0.05, 0) is 49.9 Å². The molecule has 0 heterocycles. The molecule has 1 atom stereocenters. The van der Waals surface area contributed by atoms with Crippen LogP contribution < -0.4 is 10.2 Å². The molecule has 0 aromatic heterocycles. The average Bonchev–Trinajstić information content (AvgIpc) is 2.58. The predicted molar refractivity (Wildman–Crippen MR) is 84.7 cm³/mol. The highest BCUT2D eigenvalue weighted by molar-refractivity contribution is 5.96. The second kappa shape index (κ2) is 8.18. The summed E-state index contributed by atoms with van der Waals surface area (Å²) in [7, 11) is 1.59. The first-order chi connectivity index (χ1) is 10.7. The number of hydrazone groups is 1. The van der Waals surface area contributed by atoms with E-state index in [0.29, 0.717) is 23.7 Å². The van der Waals surface area contributed by atoms with Gasteiger partial charge >= 0.3 is 0 Å². The third kappa shape index (κ3) is 4.32. The van der Waals surface area contributed by atoms with Crippen molar-refractivity contribution in [1.29, 1.82) is 5.26 Å². The van der Waals surface area contributed by atoms with E-state index in [1.807, 2.05) is 0 Å². The summed E-state index contributed by atoms with van der Waals surface area (Å²) >= 11 is 0. The molecular weight excluding hydrogens is 278 g/mol. The zero-order valence-electron chi connectivity index (χ0n) is 12.8. The summed E-state index contributed by atoms with van der Waals surface area (Å²) < 4.78 is 5.07. The van der Waals surface area contributed by atoms with E-state index in [2.05, 4.69) is 16.6 Å². The Morgan fingerprint density at radius 3 is 2.86 bits per heavy atom. The Morgan fingerprint density at radius 2 is 2.18 bits per heavy atom. The van der Waals surface area contributed by atoms with Gasteiger partial charge in [-0.2, -0.15) is 10.4 Å². The molecule has 0 saturated heterocycles. The van der Waals surface area contributed by atoms with Gasteiger partial charge in [0.05, 0.1) is 13.2 Å². The van der Waals surface area contributed by atoms with Crippen LogP contribution in [-0.2, 0) is 0 Å². The molecule has 1 amide bonds. The van der Waals surface area contributed by atoms with Gasteiger partial charge in [0, 0.05) is 23.6 Å². The van der Waals surface area contributed by atoms with Crippen LogP contribution in [0.15, 0.2) is 29.4 Å². The second-order valence-electron chi connectivity index (χ2n) is 5.41. The van der Waals surface area contributed by atoms with Gasteiger partial charge in [0.2, 0.25) is 0 Å². The van der Waals surface area contributed by atoms with E-state index >= 15 is 0 Å². The van der Waals surface area contributed by atoms with E-state index in [9.17, 15) is 4.79 Å². The minimum Gasteiger partial charge on any atom is -0.497 e. The molecule has 5 heteroatoms. The predicted octanol–water partition coefficient (Wildman–Crippen LogP) is 3.27. The molecule has 5 nitrogen and oxygen atoms in total. The van der Waals surface area contributed by atoms with Gasteiger partial charge in [0.15, 0.2) is 0 Å². The summed E-state index contributed by atoms with van der Waals surface area (Å²) in [5, 5.41) is 13.0. The molecule has 1 unspecified atom stereocenters. The molecule has 116 valence electrons. The number of nitrogens with zero attached hydrogens (tertiary/aromatic N) is 2. The SMILES string of the molecule is COc1ccc(C(=O)N/N=C2\CCCCC2CCC#N)cc1. The first kappa shape index (κ1) is 16.0. The number of hydrogen-bond acceptors (Lipinski definition) is 4. The van der Waals surface area contributed by atoms with E-state index in [1.54, 1.807) is 31.4 Å². The lowest BCUT2D eigenvalue weighted by Crippen LogP contribution is -2.25. The van der Waals surface area contributed by atoms with Crippen LogP contribution in [0.1, 0.15) is 48.9 Å². The number of nitriles is 1. The van der Waals surface area contributed by atoms with E-state index in [0.717, 1.165) is 31.4 Å². The Hall–Kier alpha value is -2.35. The minimum atomic E-state index is -0.222. The van der Waals surface area contributed by atoms with Gasteiger partial charge in [-0.25, -0.2) is 5.43 Å². The maximum Gasteiger partial charge on any atom is 0.271 e. The highest BCUT2D eigenvalue weighted by Gasteiger charge is 2.20.